The molecular formula is C24H28N4O4S. The SMILES string of the molecule is CC(C)(C)[C@H]1CCc2sc(C(=O)NNC(=O)c3nn(CCO)c(=O)c4ccccc34)cc2C1. The number of carbonyl (C=O) groups is 2. The van der Waals surface area contributed by atoms with E-state index in [4.69, 9.17) is 0 Å². The maximum absolute atomic E-state index is 12.8. The number of thiophene rings is 1. The van der Waals surface area contributed by atoms with Crippen LogP contribution in [-0.2, 0) is 19.4 Å². The van der Waals surface area contributed by atoms with Crippen molar-refractivity contribution >= 4 is 33.9 Å². The summed E-state index contributed by atoms with van der Waals surface area (Å²) in [4.78, 5) is 39.9. The van der Waals surface area contributed by atoms with Crippen LogP contribution in [0.4, 0.5) is 0 Å². The van der Waals surface area contributed by atoms with E-state index in [0.29, 0.717) is 21.6 Å². The highest BCUT2D eigenvalue weighted by molar-refractivity contribution is 7.14. The first kappa shape index (κ1) is 23.1. The molecule has 2 heterocycles. The molecule has 2 aromatic heterocycles. The van der Waals surface area contributed by atoms with Crippen molar-refractivity contribution in [3.05, 3.63) is 61.7 Å². The molecule has 0 fully saturated rings. The van der Waals surface area contributed by atoms with E-state index < -0.39 is 11.5 Å². The van der Waals surface area contributed by atoms with Crippen LogP contribution in [0.2, 0.25) is 0 Å². The molecule has 0 bridgehead atoms. The van der Waals surface area contributed by atoms with Crippen LogP contribution in [0.15, 0.2) is 35.1 Å². The largest absolute Gasteiger partial charge is 0.394 e. The first-order valence-corrected chi connectivity index (χ1v) is 11.8. The van der Waals surface area contributed by atoms with Crippen molar-refractivity contribution in [1.82, 2.24) is 20.6 Å². The molecule has 0 saturated carbocycles. The van der Waals surface area contributed by atoms with Crippen molar-refractivity contribution in [2.75, 3.05) is 6.61 Å². The number of carbonyl (C=O) groups excluding carboxylic acids is 2. The van der Waals surface area contributed by atoms with Gasteiger partial charge in [0.1, 0.15) is 0 Å². The number of nitrogens with zero attached hydrogens (tertiary/aromatic N) is 2. The number of aliphatic hydroxyl groups is 1. The van der Waals surface area contributed by atoms with Crippen LogP contribution < -0.4 is 16.4 Å². The summed E-state index contributed by atoms with van der Waals surface area (Å²) in [5.74, 6) is -0.451. The van der Waals surface area contributed by atoms with Crippen LogP contribution >= 0.6 is 11.3 Å². The fourth-order valence-corrected chi connectivity index (χ4v) is 5.36. The summed E-state index contributed by atoms with van der Waals surface area (Å²) in [7, 11) is 0. The molecule has 9 heteroatoms. The van der Waals surface area contributed by atoms with Crippen molar-refractivity contribution in [3.8, 4) is 0 Å². The highest BCUT2D eigenvalue weighted by Gasteiger charge is 2.30. The monoisotopic (exact) mass is 468 g/mol. The Balaban J connectivity index is 1.51. The molecule has 0 unspecified atom stereocenters. The lowest BCUT2D eigenvalue weighted by Gasteiger charge is -2.33. The molecule has 33 heavy (non-hydrogen) atoms. The van der Waals surface area contributed by atoms with Gasteiger partial charge in [-0.05, 0) is 48.3 Å². The Bertz CT molecular complexity index is 1270. The summed E-state index contributed by atoms with van der Waals surface area (Å²) in [5, 5.41) is 14.0. The van der Waals surface area contributed by atoms with Crippen molar-refractivity contribution in [2.45, 2.75) is 46.6 Å². The van der Waals surface area contributed by atoms with Crippen LogP contribution in [0.25, 0.3) is 10.8 Å². The van der Waals surface area contributed by atoms with Gasteiger partial charge in [0.25, 0.3) is 17.4 Å². The maximum atomic E-state index is 12.8. The molecule has 0 radical (unpaired) electrons. The molecule has 1 aliphatic rings. The number of aromatic nitrogens is 2. The number of aryl methyl sites for hydroxylation is 1. The Labute approximate surface area is 195 Å². The number of hydrogen-bond acceptors (Lipinski definition) is 6. The van der Waals surface area contributed by atoms with E-state index in [2.05, 4.69) is 36.7 Å². The Kier molecular flexibility index (Phi) is 6.36. The van der Waals surface area contributed by atoms with Gasteiger partial charge in [-0.3, -0.25) is 25.2 Å². The summed E-state index contributed by atoms with van der Waals surface area (Å²) < 4.78 is 1.05. The van der Waals surface area contributed by atoms with Crippen LogP contribution in [0.1, 0.15) is 57.8 Å². The van der Waals surface area contributed by atoms with E-state index in [9.17, 15) is 19.5 Å². The summed E-state index contributed by atoms with van der Waals surface area (Å²) in [5.41, 5.74) is 5.93. The minimum absolute atomic E-state index is 0.00237. The summed E-state index contributed by atoms with van der Waals surface area (Å²) in [6.07, 6.45) is 3.03. The maximum Gasteiger partial charge on any atom is 0.290 e. The first-order valence-electron chi connectivity index (χ1n) is 11.0. The Morgan fingerprint density at radius 3 is 2.58 bits per heavy atom. The molecule has 0 saturated heterocycles. The second kappa shape index (κ2) is 9.07. The lowest BCUT2D eigenvalue weighted by Crippen LogP contribution is -2.42. The minimum Gasteiger partial charge on any atom is -0.394 e. The Hall–Kier alpha value is -3.04. The average Bonchev–Trinajstić information content (AvgIpc) is 3.22. The second-order valence-corrected chi connectivity index (χ2v) is 10.6. The fraction of sp³-hybridized carbons (Fsp3) is 0.417. The standard InChI is InChI=1S/C24H28N4O4S/c1-24(2,3)15-8-9-18-14(12-15)13-19(33-18)21(30)25-26-22(31)20-16-6-4-5-7-17(16)23(32)28(27-20)10-11-29/h4-7,13,15,29H,8-12H2,1-3H3,(H,25,30)(H,26,31)/t15-/m0/s1. The predicted molar refractivity (Wildman–Crippen MR) is 127 cm³/mol. The van der Waals surface area contributed by atoms with Gasteiger partial charge >= 0.3 is 0 Å². The number of rotatable bonds is 4. The fourth-order valence-electron chi connectivity index (χ4n) is 4.26. The van der Waals surface area contributed by atoms with E-state index in [0.717, 1.165) is 23.9 Å². The van der Waals surface area contributed by atoms with Crippen molar-refractivity contribution < 1.29 is 14.7 Å². The predicted octanol–water partition coefficient (Wildman–Crippen LogP) is 2.68. The van der Waals surface area contributed by atoms with Gasteiger partial charge in [0.15, 0.2) is 5.69 Å². The third kappa shape index (κ3) is 4.69. The molecule has 3 N–H and O–H groups in total. The van der Waals surface area contributed by atoms with Crippen molar-refractivity contribution in [2.24, 2.45) is 11.3 Å². The van der Waals surface area contributed by atoms with Gasteiger partial charge in [0.2, 0.25) is 0 Å². The Morgan fingerprint density at radius 1 is 1.18 bits per heavy atom. The lowest BCUT2D eigenvalue weighted by molar-refractivity contribution is 0.0845. The number of benzene rings is 1. The highest BCUT2D eigenvalue weighted by Crippen LogP contribution is 2.40. The van der Waals surface area contributed by atoms with E-state index in [1.54, 1.807) is 24.3 Å². The quantitative estimate of drug-likeness (QED) is 0.510. The first-order chi connectivity index (χ1) is 15.7. The molecule has 2 amide bonds. The highest BCUT2D eigenvalue weighted by atomic mass is 32.1. The molecule has 0 spiro atoms. The van der Waals surface area contributed by atoms with Gasteiger partial charge in [-0.2, -0.15) is 5.10 Å². The molecular weight excluding hydrogens is 440 g/mol. The topological polar surface area (TPSA) is 113 Å². The van der Waals surface area contributed by atoms with Crippen LogP contribution in [0, 0.1) is 11.3 Å². The van der Waals surface area contributed by atoms with Crippen molar-refractivity contribution in [3.63, 3.8) is 0 Å². The van der Waals surface area contributed by atoms with Gasteiger partial charge in [-0.15, -0.1) is 11.3 Å². The van der Waals surface area contributed by atoms with Crippen LogP contribution in [0.5, 0.6) is 0 Å². The molecule has 1 atom stereocenters. The molecule has 1 aromatic carbocycles. The molecule has 4 rings (SSSR count). The van der Waals surface area contributed by atoms with Crippen molar-refractivity contribution in [1.29, 1.82) is 0 Å². The molecule has 3 aromatic rings. The Morgan fingerprint density at radius 2 is 1.88 bits per heavy atom. The normalized spacial score (nSPS) is 15.8. The smallest absolute Gasteiger partial charge is 0.290 e. The number of nitrogens with one attached hydrogen (secondary N) is 2. The summed E-state index contributed by atoms with van der Waals surface area (Å²) in [6.45, 7) is 6.42. The third-order valence-electron chi connectivity index (χ3n) is 6.22. The zero-order chi connectivity index (χ0) is 23.8. The number of hydrazine groups is 1. The van der Waals surface area contributed by atoms with Crippen LogP contribution in [0.3, 0.4) is 0 Å². The zero-order valence-corrected chi connectivity index (χ0v) is 19.8. The van der Waals surface area contributed by atoms with E-state index >= 15 is 0 Å². The number of aliphatic hydroxyl groups excluding tert-OH is 1. The molecule has 1 aliphatic carbocycles. The number of hydrogen-bond donors (Lipinski definition) is 3. The molecule has 174 valence electrons. The van der Waals surface area contributed by atoms with E-state index in [1.165, 1.54) is 21.8 Å². The van der Waals surface area contributed by atoms with Gasteiger partial charge < -0.3 is 5.11 Å². The van der Waals surface area contributed by atoms with Crippen LogP contribution in [-0.4, -0.2) is 33.3 Å². The van der Waals surface area contributed by atoms with E-state index in [1.807, 2.05) is 6.07 Å². The van der Waals surface area contributed by atoms with Gasteiger partial charge in [0.05, 0.1) is 23.4 Å². The van der Waals surface area contributed by atoms with Gasteiger partial charge in [-0.1, -0.05) is 39.0 Å². The minimum atomic E-state index is -0.639. The average molecular weight is 469 g/mol. The van der Waals surface area contributed by atoms with Gasteiger partial charge in [0, 0.05) is 10.3 Å². The summed E-state index contributed by atoms with van der Waals surface area (Å²) in [6, 6.07) is 8.55. The zero-order valence-electron chi connectivity index (χ0n) is 19.0. The summed E-state index contributed by atoms with van der Waals surface area (Å²) >= 11 is 1.46. The third-order valence-corrected chi connectivity index (χ3v) is 7.45. The number of fused-ring (bicyclic) bond motifs is 2. The molecule has 0 aliphatic heterocycles. The molecule has 8 nitrogen and oxygen atoms in total. The number of amides is 2. The lowest BCUT2D eigenvalue weighted by atomic mass is 9.72. The van der Waals surface area contributed by atoms with Gasteiger partial charge in [-0.25, -0.2) is 4.68 Å². The van der Waals surface area contributed by atoms with E-state index in [-0.39, 0.29) is 30.2 Å². The second-order valence-electron chi connectivity index (χ2n) is 9.42.